The maximum atomic E-state index is 12.5. The van der Waals surface area contributed by atoms with Crippen molar-refractivity contribution in [2.24, 2.45) is 0 Å². The number of phenols is 2. The molecule has 4 rings (SSSR count). The van der Waals surface area contributed by atoms with E-state index in [1.165, 1.54) is 17.8 Å². The lowest BCUT2D eigenvalue weighted by atomic mass is 10.1. The second-order valence-electron chi connectivity index (χ2n) is 7.45. The van der Waals surface area contributed by atoms with E-state index in [1.807, 2.05) is 30.5 Å². The van der Waals surface area contributed by atoms with Crippen LogP contribution in [0.15, 0.2) is 70.3 Å². The Bertz CT molecular complexity index is 1340. The lowest BCUT2D eigenvalue weighted by Crippen LogP contribution is -2.14. The molecule has 9 heteroatoms. The molecule has 1 amide bonds. The molecule has 0 unspecified atom stereocenters. The Morgan fingerprint density at radius 2 is 1.82 bits per heavy atom. The smallest absolute Gasteiger partial charge is 0.234 e. The molecular weight excluding hydrogens is 504 g/mol. The molecule has 0 atom stereocenters. The Hall–Kier alpha value is -3.30. The number of carbonyl (C=O) groups is 1. The van der Waals surface area contributed by atoms with Crippen LogP contribution in [0.2, 0.25) is 0 Å². The summed E-state index contributed by atoms with van der Waals surface area (Å²) in [6.07, 6.45) is 0. The number of amides is 1. The number of carbonyl (C=O) groups excluding carboxylic acids is 1. The van der Waals surface area contributed by atoms with E-state index in [-0.39, 0.29) is 23.2 Å². The first-order chi connectivity index (χ1) is 15.8. The summed E-state index contributed by atoms with van der Waals surface area (Å²) in [5.74, 6) is 0.307. The summed E-state index contributed by atoms with van der Waals surface area (Å²) < 4.78 is 2.63. The minimum atomic E-state index is -0.288. The van der Waals surface area contributed by atoms with Gasteiger partial charge in [-0.15, -0.1) is 10.2 Å². The number of anilines is 1. The summed E-state index contributed by atoms with van der Waals surface area (Å²) in [5.41, 5.74) is 3.84. The van der Waals surface area contributed by atoms with Crippen molar-refractivity contribution in [2.75, 3.05) is 11.1 Å². The number of phenolic OH excluding ortho intramolecular Hbond substituents is 2. The molecule has 3 N–H and O–H groups in total. The van der Waals surface area contributed by atoms with E-state index in [4.69, 9.17) is 0 Å². The van der Waals surface area contributed by atoms with Gasteiger partial charge in [-0.05, 0) is 55.8 Å². The van der Waals surface area contributed by atoms with Crippen LogP contribution in [0.4, 0.5) is 5.69 Å². The normalized spacial score (nSPS) is 10.9. The van der Waals surface area contributed by atoms with E-state index in [1.54, 1.807) is 36.4 Å². The topological polar surface area (TPSA) is 100 Å². The molecule has 0 aliphatic rings. The zero-order valence-corrected chi connectivity index (χ0v) is 20.3. The van der Waals surface area contributed by atoms with Crippen LogP contribution in [0, 0.1) is 13.8 Å². The number of benzene rings is 3. The van der Waals surface area contributed by atoms with E-state index in [0.29, 0.717) is 22.2 Å². The summed E-state index contributed by atoms with van der Waals surface area (Å²) >= 11 is 4.66. The predicted molar refractivity (Wildman–Crippen MR) is 133 cm³/mol. The molecule has 33 heavy (non-hydrogen) atoms. The number of aromatic nitrogens is 3. The van der Waals surface area contributed by atoms with Crippen molar-refractivity contribution >= 4 is 39.3 Å². The quantitative estimate of drug-likeness (QED) is 0.229. The van der Waals surface area contributed by atoms with Crippen molar-refractivity contribution in [3.8, 4) is 28.6 Å². The van der Waals surface area contributed by atoms with Crippen molar-refractivity contribution in [2.45, 2.75) is 19.0 Å². The molecule has 1 heterocycles. The van der Waals surface area contributed by atoms with Crippen LogP contribution in [0.3, 0.4) is 0 Å². The number of nitrogens with one attached hydrogen (secondary N) is 1. The van der Waals surface area contributed by atoms with E-state index >= 15 is 0 Å². The van der Waals surface area contributed by atoms with Crippen molar-refractivity contribution in [3.63, 3.8) is 0 Å². The molecule has 0 aliphatic heterocycles. The van der Waals surface area contributed by atoms with Gasteiger partial charge in [0.15, 0.2) is 11.0 Å². The number of halogens is 1. The highest BCUT2D eigenvalue weighted by atomic mass is 79.9. The summed E-state index contributed by atoms with van der Waals surface area (Å²) in [7, 11) is 0. The molecule has 0 fully saturated rings. The van der Waals surface area contributed by atoms with Gasteiger partial charge in [0.2, 0.25) is 5.91 Å². The highest BCUT2D eigenvalue weighted by molar-refractivity contribution is 9.10. The standard InChI is InChI=1S/C24H21BrN4O3S/c1-14-7-9-19(15(2)11-14)29-23(17-12-16(25)8-10-20(17)30)27-28-24(29)33-13-22(32)26-18-5-3-4-6-21(18)31/h3-12,30-31H,13H2,1-2H3,(H,26,32). The van der Waals surface area contributed by atoms with Gasteiger partial charge in [0.25, 0.3) is 0 Å². The number of hydrogen-bond acceptors (Lipinski definition) is 6. The van der Waals surface area contributed by atoms with Gasteiger partial charge in [0.05, 0.1) is 22.7 Å². The second kappa shape index (κ2) is 9.68. The maximum Gasteiger partial charge on any atom is 0.234 e. The van der Waals surface area contributed by atoms with Gasteiger partial charge in [-0.3, -0.25) is 9.36 Å². The van der Waals surface area contributed by atoms with Crippen LogP contribution >= 0.6 is 27.7 Å². The minimum absolute atomic E-state index is 0.00159. The zero-order chi connectivity index (χ0) is 23.5. The summed E-state index contributed by atoms with van der Waals surface area (Å²) in [6, 6.07) is 17.7. The molecule has 1 aromatic heterocycles. The largest absolute Gasteiger partial charge is 0.507 e. The fourth-order valence-corrected chi connectivity index (χ4v) is 4.50. The van der Waals surface area contributed by atoms with E-state index in [0.717, 1.165) is 21.3 Å². The highest BCUT2D eigenvalue weighted by Gasteiger charge is 2.21. The third-order valence-corrected chi connectivity index (χ3v) is 6.36. The molecule has 3 aromatic carbocycles. The fourth-order valence-electron chi connectivity index (χ4n) is 3.39. The van der Waals surface area contributed by atoms with Crippen LogP contribution < -0.4 is 5.32 Å². The van der Waals surface area contributed by atoms with Crippen LogP contribution in [0.1, 0.15) is 11.1 Å². The molecule has 0 spiro atoms. The van der Waals surface area contributed by atoms with Crippen LogP contribution in [-0.4, -0.2) is 36.6 Å². The molecule has 7 nitrogen and oxygen atoms in total. The van der Waals surface area contributed by atoms with E-state index < -0.39 is 0 Å². The average Bonchev–Trinajstić information content (AvgIpc) is 3.19. The molecule has 168 valence electrons. The van der Waals surface area contributed by atoms with Gasteiger partial charge in [-0.1, -0.05) is 57.5 Å². The Labute approximate surface area is 203 Å². The molecular formula is C24H21BrN4O3S. The first kappa shape index (κ1) is 22.9. The zero-order valence-electron chi connectivity index (χ0n) is 17.9. The Morgan fingerprint density at radius 3 is 2.58 bits per heavy atom. The number of para-hydroxylation sites is 2. The van der Waals surface area contributed by atoms with Gasteiger partial charge in [-0.25, -0.2) is 0 Å². The first-order valence-electron chi connectivity index (χ1n) is 10.1. The Balaban J connectivity index is 1.69. The monoisotopic (exact) mass is 524 g/mol. The summed E-state index contributed by atoms with van der Waals surface area (Å²) in [4.78, 5) is 12.5. The number of nitrogens with zero attached hydrogens (tertiary/aromatic N) is 3. The first-order valence-corrected chi connectivity index (χ1v) is 11.8. The van der Waals surface area contributed by atoms with Crippen molar-refractivity contribution in [1.82, 2.24) is 14.8 Å². The number of hydrogen-bond donors (Lipinski definition) is 3. The van der Waals surface area contributed by atoms with Crippen molar-refractivity contribution in [3.05, 3.63) is 76.3 Å². The molecule has 0 radical (unpaired) electrons. The minimum Gasteiger partial charge on any atom is -0.507 e. The molecule has 0 saturated carbocycles. The summed E-state index contributed by atoms with van der Waals surface area (Å²) in [5, 5.41) is 32.3. The maximum absolute atomic E-state index is 12.5. The van der Waals surface area contributed by atoms with E-state index in [9.17, 15) is 15.0 Å². The number of thioether (sulfide) groups is 1. The highest BCUT2D eigenvalue weighted by Crippen LogP contribution is 2.35. The SMILES string of the molecule is Cc1ccc(-n2c(SCC(=O)Nc3ccccc3O)nnc2-c2cc(Br)ccc2O)c(C)c1. The van der Waals surface area contributed by atoms with Gasteiger partial charge >= 0.3 is 0 Å². The molecule has 0 saturated heterocycles. The lowest BCUT2D eigenvalue weighted by Gasteiger charge is -2.14. The van der Waals surface area contributed by atoms with Gasteiger partial charge in [-0.2, -0.15) is 0 Å². The Kier molecular flexibility index (Phi) is 6.71. The van der Waals surface area contributed by atoms with Crippen LogP contribution in [-0.2, 0) is 4.79 Å². The van der Waals surface area contributed by atoms with Crippen LogP contribution in [0.5, 0.6) is 11.5 Å². The Morgan fingerprint density at radius 1 is 1.03 bits per heavy atom. The summed E-state index contributed by atoms with van der Waals surface area (Å²) in [6.45, 7) is 4.01. The fraction of sp³-hybridized carbons (Fsp3) is 0.125. The molecule has 0 bridgehead atoms. The van der Waals surface area contributed by atoms with Crippen LogP contribution in [0.25, 0.3) is 17.1 Å². The van der Waals surface area contributed by atoms with Crippen molar-refractivity contribution < 1.29 is 15.0 Å². The van der Waals surface area contributed by atoms with Gasteiger partial charge in [0, 0.05) is 4.47 Å². The molecule has 4 aromatic rings. The van der Waals surface area contributed by atoms with Gasteiger partial charge < -0.3 is 15.5 Å². The van der Waals surface area contributed by atoms with E-state index in [2.05, 4.69) is 37.5 Å². The number of aryl methyl sites for hydroxylation is 2. The predicted octanol–water partition coefficient (Wildman–Crippen LogP) is 5.46. The number of rotatable bonds is 6. The second-order valence-corrected chi connectivity index (χ2v) is 9.31. The number of aromatic hydroxyl groups is 2. The third-order valence-electron chi connectivity index (χ3n) is 4.94. The molecule has 0 aliphatic carbocycles. The third kappa shape index (κ3) is 5.04. The van der Waals surface area contributed by atoms with Crippen molar-refractivity contribution in [1.29, 1.82) is 0 Å². The van der Waals surface area contributed by atoms with Gasteiger partial charge in [0.1, 0.15) is 11.5 Å². The lowest BCUT2D eigenvalue weighted by molar-refractivity contribution is -0.113. The average molecular weight is 525 g/mol.